The number of ether oxygens (including phenoxy) is 1. The Morgan fingerprint density at radius 3 is 2.68 bits per heavy atom. The minimum absolute atomic E-state index is 0.342. The van der Waals surface area contributed by atoms with Crippen LogP contribution in [0, 0.1) is 0 Å². The molecular formula is C24H25ClN2O. The van der Waals surface area contributed by atoms with E-state index in [1.165, 1.54) is 27.8 Å². The Morgan fingerprint density at radius 2 is 1.82 bits per heavy atom. The van der Waals surface area contributed by atoms with Gasteiger partial charge in [0, 0.05) is 48.2 Å². The summed E-state index contributed by atoms with van der Waals surface area (Å²) < 4.78 is 5.51. The highest BCUT2D eigenvalue weighted by Gasteiger charge is 2.26. The molecule has 0 saturated carbocycles. The molecule has 0 aliphatic carbocycles. The summed E-state index contributed by atoms with van der Waals surface area (Å²) >= 11 is 6.64. The normalized spacial score (nSPS) is 20.4. The lowest BCUT2D eigenvalue weighted by molar-refractivity contribution is 0.122. The van der Waals surface area contributed by atoms with Crippen molar-refractivity contribution in [3.8, 4) is 0 Å². The van der Waals surface area contributed by atoms with Crippen molar-refractivity contribution in [3.05, 3.63) is 76.3 Å². The predicted molar refractivity (Wildman–Crippen MR) is 117 cm³/mol. The van der Waals surface area contributed by atoms with Crippen LogP contribution in [0.1, 0.15) is 22.6 Å². The molecule has 0 N–H and O–H groups in total. The van der Waals surface area contributed by atoms with Crippen molar-refractivity contribution < 1.29 is 4.74 Å². The van der Waals surface area contributed by atoms with E-state index in [1.54, 1.807) is 0 Å². The van der Waals surface area contributed by atoms with Crippen LogP contribution in [0.4, 0.5) is 5.69 Å². The van der Waals surface area contributed by atoms with Gasteiger partial charge in [0.25, 0.3) is 0 Å². The van der Waals surface area contributed by atoms with E-state index in [1.807, 2.05) is 6.07 Å². The summed E-state index contributed by atoms with van der Waals surface area (Å²) in [5.41, 5.74) is 5.47. The van der Waals surface area contributed by atoms with Crippen molar-refractivity contribution in [3.63, 3.8) is 0 Å². The minimum atomic E-state index is 0.342. The summed E-state index contributed by atoms with van der Waals surface area (Å²) in [6.07, 6.45) is 0. The molecule has 0 radical (unpaired) electrons. The van der Waals surface area contributed by atoms with E-state index in [0.29, 0.717) is 5.92 Å². The number of anilines is 1. The molecule has 144 valence electrons. The van der Waals surface area contributed by atoms with Gasteiger partial charge in [-0.05, 0) is 47.3 Å². The third-order valence-corrected chi connectivity index (χ3v) is 6.36. The van der Waals surface area contributed by atoms with Crippen LogP contribution in [0.2, 0.25) is 5.02 Å². The molecule has 0 amide bonds. The molecule has 28 heavy (non-hydrogen) atoms. The van der Waals surface area contributed by atoms with Gasteiger partial charge in [-0.15, -0.1) is 0 Å². The summed E-state index contributed by atoms with van der Waals surface area (Å²) in [5.74, 6) is 0.342. The molecule has 0 bridgehead atoms. The van der Waals surface area contributed by atoms with E-state index in [4.69, 9.17) is 16.3 Å². The lowest BCUT2D eigenvalue weighted by atomic mass is 9.84. The number of likely N-dealkylation sites (N-methyl/N-ethyl adjacent to an activating group) is 1. The highest BCUT2D eigenvalue weighted by Crippen LogP contribution is 2.38. The lowest BCUT2D eigenvalue weighted by Gasteiger charge is -2.35. The van der Waals surface area contributed by atoms with Gasteiger partial charge in [0.15, 0.2) is 0 Å². The van der Waals surface area contributed by atoms with E-state index in [0.717, 1.165) is 49.8 Å². The summed E-state index contributed by atoms with van der Waals surface area (Å²) in [6.45, 7) is 5.57. The van der Waals surface area contributed by atoms with Crippen molar-refractivity contribution in [2.24, 2.45) is 0 Å². The fraction of sp³-hybridized carbons (Fsp3) is 0.333. The van der Waals surface area contributed by atoms with Crippen LogP contribution in [0.5, 0.6) is 0 Å². The second-order valence-electron chi connectivity index (χ2n) is 7.96. The Balaban J connectivity index is 1.55. The fourth-order valence-electron chi connectivity index (χ4n) is 4.62. The fourth-order valence-corrected chi connectivity index (χ4v) is 4.92. The maximum Gasteiger partial charge on any atom is 0.0642 e. The number of hydrogen-bond acceptors (Lipinski definition) is 3. The first-order chi connectivity index (χ1) is 13.7. The molecule has 0 spiro atoms. The molecule has 1 unspecified atom stereocenters. The van der Waals surface area contributed by atoms with Gasteiger partial charge in [-0.3, -0.25) is 0 Å². The van der Waals surface area contributed by atoms with Gasteiger partial charge in [0.1, 0.15) is 0 Å². The average molecular weight is 393 g/mol. The largest absolute Gasteiger partial charge is 0.378 e. The van der Waals surface area contributed by atoms with Crippen LogP contribution in [0.25, 0.3) is 10.8 Å². The maximum atomic E-state index is 6.64. The van der Waals surface area contributed by atoms with Gasteiger partial charge in [0.2, 0.25) is 0 Å². The highest BCUT2D eigenvalue weighted by molar-refractivity contribution is 6.35. The molecule has 1 atom stereocenters. The summed E-state index contributed by atoms with van der Waals surface area (Å²) in [6, 6.07) is 19.8. The van der Waals surface area contributed by atoms with Crippen molar-refractivity contribution in [1.29, 1.82) is 0 Å². The van der Waals surface area contributed by atoms with Crippen LogP contribution in [0.15, 0.2) is 54.6 Å². The van der Waals surface area contributed by atoms with E-state index in [2.05, 4.69) is 65.4 Å². The van der Waals surface area contributed by atoms with Crippen LogP contribution in [-0.2, 0) is 11.3 Å². The Labute approximate surface area is 171 Å². The first kappa shape index (κ1) is 18.0. The van der Waals surface area contributed by atoms with Gasteiger partial charge in [-0.2, -0.15) is 0 Å². The highest BCUT2D eigenvalue weighted by atomic mass is 35.5. The zero-order valence-corrected chi connectivity index (χ0v) is 17.0. The smallest absolute Gasteiger partial charge is 0.0642 e. The summed E-state index contributed by atoms with van der Waals surface area (Å²) in [7, 11) is 2.21. The van der Waals surface area contributed by atoms with Crippen LogP contribution in [0.3, 0.4) is 0 Å². The molecule has 1 fully saturated rings. The standard InChI is InChI=1S/C24H25ClN2O/c1-26-15-19-13-20(27-8-10-28-11-9-27)6-7-21(19)23(16-26)18-12-17-4-2-3-5-22(17)24(25)14-18/h2-7,12-14,23H,8-11,15-16H2,1H3. The van der Waals surface area contributed by atoms with Crippen molar-refractivity contribution in [2.45, 2.75) is 12.5 Å². The van der Waals surface area contributed by atoms with Crippen molar-refractivity contribution in [2.75, 3.05) is 44.8 Å². The van der Waals surface area contributed by atoms with E-state index in [9.17, 15) is 0 Å². The van der Waals surface area contributed by atoms with Gasteiger partial charge in [-0.25, -0.2) is 0 Å². The number of halogens is 1. The molecule has 2 aliphatic rings. The molecule has 0 aromatic heterocycles. The van der Waals surface area contributed by atoms with E-state index >= 15 is 0 Å². The third kappa shape index (κ3) is 3.28. The zero-order valence-electron chi connectivity index (χ0n) is 16.2. The third-order valence-electron chi connectivity index (χ3n) is 6.05. The van der Waals surface area contributed by atoms with Crippen LogP contribution < -0.4 is 4.90 Å². The predicted octanol–water partition coefficient (Wildman–Crippen LogP) is 4.91. The molecule has 1 saturated heterocycles. The number of fused-ring (bicyclic) bond motifs is 2. The SMILES string of the molecule is CN1Cc2cc(N3CCOCC3)ccc2C(c2cc(Cl)c3ccccc3c2)C1. The number of rotatable bonds is 2. The second kappa shape index (κ2) is 7.40. The molecule has 3 aromatic rings. The van der Waals surface area contributed by atoms with Crippen molar-refractivity contribution >= 4 is 28.1 Å². The van der Waals surface area contributed by atoms with E-state index in [-0.39, 0.29) is 0 Å². The molecule has 2 heterocycles. The van der Waals surface area contributed by atoms with Gasteiger partial charge >= 0.3 is 0 Å². The number of hydrogen-bond donors (Lipinski definition) is 0. The quantitative estimate of drug-likeness (QED) is 0.616. The Morgan fingerprint density at radius 1 is 1.00 bits per heavy atom. The molecule has 3 aromatic carbocycles. The molecule has 3 nitrogen and oxygen atoms in total. The first-order valence-electron chi connectivity index (χ1n) is 10.0. The number of benzene rings is 3. The van der Waals surface area contributed by atoms with E-state index < -0.39 is 0 Å². The molecular weight excluding hydrogens is 368 g/mol. The van der Waals surface area contributed by atoms with Crippen LogP contribution in [-0.4, -0.2) is 44.8 Å². The average Bonchev–Trinajstić information content (AvgIpc) is 2.73. The Kier molecular flexibility index (Phi) is 4.75. The summed E-state index contributed by atoms with van der Waals surface area (Å²) in [5, 5.41) is 3.18. The monoisotopic (exact) mass is 392 g/mol. The first-order valence-corrected chi connectivity index (χ1v) is 10.4. The van der Waals surface area contributed by atoms with Gasteiger partial charge in [-0.1, -0.05) is 48.0 Å². The lowest BCUT2D eigenvalue weighted by Crippen LogP contribution is -2.36. The van der Waals surface area contributed by atoms with Crippen molar-refractivity contribution in [1.82, 2.24) is 4.90 Å². The zero-order chi connectivity index (χ0) is 19.1. The molecule has 5 rings (SSSR count). The van der Waals surface area contributed by atoms with Crippen LogP contribution >= 0.6 is 11.6 Å². The number of morpholine rings is 1. The Bertz CT molecular complexity index is 1010. The molecule has 2 aliphatic heterocycles. The van der Waals surface area contributed by atoms with Gasteiger partial charge < -0.3 is 14.5 Å². The Hall–Kier alpha value is -2.07. The maximum absolute atomic E-state index is 6.64. The second-order valence-corrected chi connectivity index (χ2v) is 8.36. The minimum Gasteiger partial charge on any atom is -0.378 e. The summed E-state index contributed by atoms with van der Waals surface area (Å²) in [4.78, 5) is 4.85. The molecule has 4 heteroatoms. The number of nitrogens with zero attached hydrogens (tertiary/aromatic N) is 2. The van der Waals surface area contributed by atoms with Gasteiger partial charge in [0.05, 0.1) is 13.2 Å². The topological polar surface area (TPSA) is 15.7 Å².